The van der Waals surface area contributed by atoms with Crippen molar-refractivity contribution >= 4 is 0 Å². The second-order valence-corrected chi connectivity index (χ2v) is 2.29. The molecule has 1 fully saturated rings. The molecule has 0 bridgehead atoms. The van der Waals surface area contributed by atoms with E-state index in [0.717, 1.165) is 26.2 Å². The Labute approximate surface area is 66.8 Å². The maximum Gasteiger partial charge on any atom is 0.0902 e. The first kappa shape index (κ1) is 8.30. The van der Waals surface area contributed by atoms with E-state index in [-0.39, 0.29) is 0 Å². The van der Waals surface area contributed by atoms with Crippen LogP contribution < -0.4 is 10.6 Å². The van der Waals surface area contributed by atoms with Crippen molar-refractivity contribution in [2.75, 3.05) is 26.2 Å². The van der Waals surface area contributed by atoms with Crippen LogP contribution >= 0.6 is 0 Å². The molecule has 0 unspecified atom stereocenters. The molecule has 11 heavy (non-hydrogen) atoms. The molecule has 2 N–H and O–H groups in total. The molecule has 1 aromatic rings. The molecule has 0 radical (unpaired) electrons. The molecule has 0 aromatic carbocycles. The highest BCUT2D eigenvalue weighted by Crippen LogP contribution is 1.79. The van der Waals surface area contributed by atoms with E-state index < -0.39 is 0 Å². The first-order valence-corrected chi connectivity index (χ1v) is 3.89. The second-order valence-electron chi connectivity index (χ2n) is 2.29. The van der Waals surface area contributed by atoms with E-state index >= 15 is 0 Å². The molecule has 1 aliphatic rings. The lowest BCUT2D eigenvalue weighted by Gasteiger charge is -2.11. The van der Waals surface area contributed by atoms with E-state index in [0.29, 0.717) is 0 Å². The number of rotatable bonds is 0. The third kappa shape index (κ3) is 4.58. The van der Waals surface area contributed by atoms with Crippen LogP contribution in [0.5, 0.6) is 0 Å². The Morgan fingerprint density at radius 2 is 1.27 bits per heavy atom. The van der Waals surface area contributed by atoms with Gasteiger partial charge in [-0.3, -0.25) is 0 Å². The van der Waals surface area contributed by atoms with Crippen molar-refractivity contribution in [2.45, 2.75) is 0 Å². The van der Waals surface area contributed by atoms with Crippen LogP contribution in [0.4, 0.5) is 0 Å². The minimum atomic E-state index is 1.14. The van der Waals surface area contributed by atoms with Gasteiger partial charge in [0.05, 0.1) is 12.5 Å². The number of piperazine rings is 1. The fraction of sp³-hybridized carbons (Fsp3) is 0.500. The van der Waals surface area contributed by atoms with Crippen molar-refractivity contribution in [2.24, 2.45) is 0 Å². The number of hydrogen-bond acceptors (Lipinski definition) is 3. The van der Waals surface area contributed by atoms with Gasteiger partial charge in [0, 0.05) is 26.2 Å². The van der Waals surface area contributed by atoms with Crippen LogP contribution in [-0.2, 0) is 0 Å². The van der Waals surface area contributed by atoms with E-state index in [9.17, 15) is 0 Å². The minimum Gasteiger partial charge on any atom is -0.473 e. The molecule has 1 aliphatic heterocycles. The van der Waals surface area contributed by atoms with E-state index in [1.54, 1.807) is 12.5 Å². The first-order valence-electron chi connectivity index (χ1n) is 3.89. The van der Waals surface area contributed by atoms with Crippen molar-refractivity contribution in [3.8, 4) is 0 Å². The third-order valence-corrected chi connectivity index (χ3v) is 1.38. The highest BCUT2D eigenvalue weighted by atomic mass is 16.3. The van der Waals surface area contributed by atoms with Crippen LogP contribution in [0.25, 0.3) is 0 Å². The molecular formula is C8H14N2O. The monoisotopic (exact) mass is 154 g/mol. The lowest BCUT2D eigenvalue weighted by atomic mass is 10.4. The van der Waals surface area contributed by atoms with E-state index in [4.69, 9.17) is 0 Å². The molecule has 1 saturated heterocycles. The van der Waals surface area contributed by atoms with Crippen LogP contribution in [0, 0.1) is 0 Å². The normalized spacial score (nSPS) is 16.7. The minimum absolute atomic E-state index is 1.14. The largest absolute Gasteiger partial charge is 0.473 e. The molecule has 0 atom stereocenters. The van der Waals surface area contributed by atoms with Crippen molar-refractivity contribution in [3.05, 3.63) is 24.7 Å². The Bertz CT molecular complexity index is 118. The van der Waals surface area contributed by atoms with Gasteiger partial charge in [-0.25, -0.2) is 0 Å². The predicted molar refractivity (Wildman–Crippen MR) is 44.4 cm³/mol. The number of nitrogens with one attached hydrogen (secondary N) is 2. The van der Waals surface area contributed by atoms with E-state index in [1.807, 2.05) is 12.1 Å². The Balaban J connectivity index is 0.000000112. The van der Waals surface area contributed by atoms with Crippen LogP contribution in [0.2, 0.25) is 0 Å². The summed E-state index contributed by atoms with van der Waals surface area (Å²) in [5, 5.41) is 6.44. The average molecular weight is 154 g/mol. The summed E-state index contributed by atoms with van der Waals surface area (Å²) in [6, 6.07) is 3.67. The average Bonchev–Trinajstić information content (AvgIpc) is 2.64. The van der Waals surface area contributed by atoms with Gasteiger partial charge in [-0.2, -0.15) is 0 Å². The summed E-state index contributed by atoms with van der Waals surface area (Å²) >= 11 is 0. The summed E-state index contributed by atoms with van der Waals surface area (Å²) < 4.78 is 4.58. The highest BCUT2D eigenvalue weighted by Gasteiger charge is 1.91. The summed E-state index contributed by atoms with van der Waals surface area (Å²) in [6.07, 6.45) is 3.25. The Morgan fingerprint density at radius 1 is 0.818 bits per heavy atom. The van der Waals surface area contributed by atoms with Gasteiger partial charge >= 0.3 is 0 Å². The summed E-state index contributed by atoms with van der Waals surface area (Å²) in [4.78, 5) is 0. The molecule has 0 spiro atoms. The molecule has 0 saturated carbocycles. The lowest BCUT2D eigenvalue weighted by Crippen LogP contribution is -2.39. The lowest BCUT2D eigenvalue weighted by molar-refractivity contribution is 0.534. The van der Waals surface area contributed by atoms with Crippen molar-refractivity contribution in [1.82, 2.24) is 10.6 Å². The molecule has 1 aromatic heterocycles. The molecular weight excluding hydrogens is 140 g/mol. The summed E-state index contributed by atoms with van der Waals surface area (Å²) in [7, 11) is 0. The number of furan rings is 1. The SMILES string of the molecule is C1CNCCN1.c1ccoc1. The fourth-order valence-electron chi connectivity index (χ4n) is 0.830. The van der Waals surface area contributed by atoms with Crippen LogP contribution in [0.3, 0.4) is 0 Å². The highest BCUT2D eigenvalue weighted by molar-refractivity contribution is 4.79. The summed E-state index contributed by atoms with van der Waals surface area (Å²) in [6.45, 7) is 4.56. The van der Waals surface area contributed by atoms with Crippen molar-refractivity contribution in [3.63, 3.8) is 0 Å². The molecule has 2 rings (SSSR count). The third-order valence-electron chi connectivity index (χ3n) is 1.38. The molecule has 62 valence electrons. The topological polar surface area (TPSA) is 37.2 Å². The van der Waals surface area contributed by atoms with Gasteiger partial charge in [-0.1, -0.05) is 0 Å². The summed E-state index contributed by atoms with van der Waals surface area (Å²) in [5.41, 5.74) is 0. The van der Waals surface area contributed by atoms with Gasteiger partial charge in [0.25, 0.3) is 0 Å². The summed E-state index contributed by atoms with van der Waals surface area (Å²) in [5.74, 6) is 0. The zero-order chi connectivity index (χ0) is 7.78. The maximum absolute atomic E-state index is 4.58. The fourth-order valence-corrected chi connectivity index (χ4v) is 0.830. The zero-order valence-corrected chi connectivity index (χ0v) is 6.55. The van der Waals surface area contributed by atoms with Gasteiger partial charge in [-0.15, -0.1) is 0 Å². The molecule has 2 heterocycles. The Kier molecular flexibility index (Phi) is 4.49. The van der Waals surface area contributed by atoms with Crippen molar-refractivity contribution in [1.29, 1.82) is 0 Å². The predicted octanol–water partition coefficient (Wildman–Crippen LogP) is 0.459. The van der Waals surface area contributed by atoms with E-state index in [1.165, 1.54) is 0 Å². The van der Waals surface area contributed by atoms with Gasteiger partial charge in [0.2, 0.25) is 0 Å². The smallest absolute Gasteiger partial charge is 0.0902 e. The van der Waals surface area contributed by atoms with Gasteiger partial charge < -0.3 is 15.1 Å². The second kappa shape index (κ2) is 5.95. The molecule has 3 nitrogen and oxygen atoms in total. The quantitative estimate of drug-likeness (QED) is 0.570. The Hall–Kier alpha value is -0.800. The maximum atomic E-state index is 4.58. The standard InChI is InChI=1S/C4H10N2.C4H4O/c1-2-6-4-3-5-1;1-2-4-5-3-1/h5-6H,1-4H2;1-4H. The van der Waals surface area contributed by atoms with E-state index in [2.05, 4.69) is 15.1 Å². The molecule has 0 aliphatic carbocycles. The van der Waals surface area contributed by atoms with Crippen LogP contribution in [-0.4, -0.2) is 26.2 Å². The van der Waals surface area contributed by atoms with Gasteiger partial charge in [0.1, 0.15) is 0 Å². The van der Waals surface area contributed by atoms with Crippen molar-refractivity contribution < 1.29 is 4.42 Å². The first-order chi connectivity index (χ1) is 5.50. The molecule has 3 heteroatoms. The Morgan fingerprint density at radius 3 is 1.45 bits per heavy atom. The zero-order valence-electron chi connectivity index (χ0n) is 6.55. The van der Waals surface area contributed by atoms with Gasteiger partial charge in [-0.05, 0) is 12.1 Å². The molecule has 0 amide bonds. The van der Waals surface area contributed by atoms with Crippen LogP contribution in [0.1, 0.15) is 0 Å². The van der Waals surface area contributed by atoms with Crippen LogP contribution in [0.15, 0.2) is 29.1 Å². The number of hydrogen-bond donors (Lipinski definition) is 2. The van der Waals surface area contributed by atoms with Gasteiger partial charge in [0.15, 0.2) is 0 Å².